The molecule has 3 N–H and O–H groups in total. The molecule has 1 unspecified atom stereocenters. The molecule has 2 aromatic rings. The Balaban J connectivity index is 1.80. The number of aromatic nitrogens is 3. The van der Waals surface area contributed by atoms with Crippen LogP contribution in [0.3, 0.4) is 0 Å². The summed E-state index contributed by atoms with van der Waals surface area (Å²) >= 11 is 7.25. The molecule has 1 aliphatic rings. The van der Waals surface area contributed by atoms with Crippen molar-refractivity contribution < 1.29 is 23.4 Å². The largest absolute Gasteiger partial charge is 0.471 e. The van der Waals surface area contributed by atoms with Crippen LogP contribution in [0.15, 0.2) is 11.4 Å². The van der Waals surface area contributed by atoms with Crippen molar-refractivity contribution >= 4 is 34.8 Å². The van der Waals surface area contributed by atoms with Crippen molar-refractivity contribution in [3.8, 4) is 16.7 Å². The molecule has 30 heavy (non-hydrogen) atoms. The molecule has 0 spiro atoms. The van der Waals surface area contributed by atoms with Crippen LogP contribution in [0.2, 0.25) is 0 Å². The number of rotatable bonds is 8. The summed E-state index contributed by atoms with van der Waals surface area (Å²) in [6.45, 7) is 1.83. The first-order chi connectivity index (χ1) is 14.2. The van der Waals surface area contributed by atoms with E-state index in [-0.39, 0.29) is 37.2 Å². The molecule has 0 bridgehead atoms. The normalized spacial score (nSPS) is 17.3. The summed E-state index contributed by atoms with van der Waals surface area (Å²) < 4.78 is 32.6. The topological polar surface area (TPSA) is 109 Å². The van der Waals surface area contributed by atoms with Crippen LogP contribution in [0, 0.1) is 6.92 Å². The lowest BCUT2D eigenvalue weighted by atomic mass is 9.92. The number of carboxylic acid groups (broad SMARTS) is 1. The highest BCUT2D eigenvalue weighted by atomic mass is 35.5. The molecule has 164 valence electrons. The Bertz CT molecular complexity index is 875. The lowest BCUT2D eigenvalue weighted by Crippen LogP contribution is -2.36. The molecule has 0 aliphatic heterocycles. The van der Waals surface area contributed by atoms with E-state index in [1.54, 1.807) is 6.07 Å². The number of thiazole rings is 1. The van der Waals surface area contributed by atoms with Gasteiger partial charge in [0.05, 0.1) is 12.4 Å². The van der Waals surface area contributed by atoms with E-state index in [0.29, 0.717) is 29.5 Å². The number of halogens is 3. The molecule has 0 radical (unpaired) electrons. The minimum Gasteiger partial charge on any atom is -0.471 e. The van der Waals surface area contributed by atoms with Gasteiger partial charge in [-0.3, -0.25) is 0 Å². The third-order valence-electron chi connectivity index (χ3n) is 4.52. The second-order valence-corrected chi connectivity index (χ2v) is 8.23. The summed E-state index contributed by atoms with van der Waals surface area (Å²) in [6, 6.07) is 1.41. The molecule has 0 saturated heterocycles. The monoisotopic (exact) mass is 461 g/mol. The third-order valence-corrected chi connectivity index (χ3v) is 5.82. The number of hydrogen-bond donors (Lipinski definition) is 3. The maximum atomic E-state index is 13.4. The molecular weight excluding hydrogens is 440 g/mol. The number of alkyl halides is 3. The predicted octanol–water partition coefficient (Wildman–Crippen LogP) is 4.15. The van der Waals surface area contributed by atoms with Crippen molar-refractivity contribution in [3.05, 3.63) is 17.1 Å². The fourth-order valence-corrected chi connectivity index (χ4v) is 3.91. The van der Waals surface area contributed by atoms with E-state index >= 15 is 0 Å². The minimum absolute atomic E-state index is 0.0188. The van der Waals surface area contributed by atoms with Crippen molar-refractivity contribution in [2.75, 3.05) is 17.7 Å². The Labute approximate surface area is 181 Å². The number of carbonyl (C=O) groups is 1. The fraction of sp³-hybridized carbons (Fsp3) is 0.556. The van der Waals surface area contributed by atoms with Gasteiger partial charge < -0.3 is 20.5 Å². The van der Waals surface area contributed by atoms with Gasteiger partial charge in [0, 0.05) is 36.0 Å². The molecular formula is C18H22ClF2N5O3S. The smallest absolute Gasteiger partial charge is 0.404 e. The highest BCUT2D eigenvalue weighted by Crippen LogP contribution is 2.34. The van der Waals surface area contributed by atoms with E-state index in [0.717, 1.165) is 5.69 Å². The summed E-state index contributed by atoms with van der Waals surface area (Å²) in [4.78, 5) is 24.0. The second-order valence-electron chi connectivity index (χ2n) is 7.06. The van der Waals surface area contributed by atoms with E-state index in [1.165, 1.54) is 11.3 Å². The summed E-state index contributed by atoms with van der Waals surface area (Å²) in [5.41, 5.74) is 0.818. The first-order valence-corrected chi connectivity index (χ1v) is 10.8. The van der Waals surface area contributed by atoms with E-state index in [1.807, 2.05) is 12.3 Å². The van der Waals surface area contributed by atoms with Crippen molar-refractivity contribution in [3.63, 3.8) is 0 Å². The number of amides is 1. The molecule has 0 aromatic carbocycles. The standard InChI is InChI=1S/C18H22ClF2N5O3S/c1-10-9-30-16(23-10)15-25-13(24-11-2-4-18(20,21)5-3-11)6-14(26-15)29-12(7-19)8-22-17(27)28/h6,9,11-12,22H,2-5,7-8H2,1H3,(H,27,28)(H,24,25,26). The number of ether oxygens (including phenoxy) is 1. The molecule has 1 fully saturated rings. The maximum absolute atomic E-state index is 13.4. The summed E-state index contributed by atoms with van der Waals surface area (Å²) in [7, 11) is 0. The SMILES string of the molecule is Cc1csc(-c2nc(NC3CCC(F)(F)CC3)cc(OC(CCl)CNC(=O)O)n2)n1. The molecule has 1 aliphatic carbocycles. The zero-order valence-corrected chi connectivity index (χ0v) is 17.8. The van der Waals surface area contributed by atoms with Crippen molar-refractivity contribution in [2.24, 2.45) is 0 Å². The predicted molar refractivity (Wildman–Crippen MR) is 110 cm³/mol. The van der Waals surface area contributed by atoms with Crippen LogP contribution in [-0.2, 0) is 0 Å². The third kappa shape index (κ3) is 6.36. The van der Waals surface area contributed by atoms with E-state index in [9.17, 15) is 13.6 Å². The molecule has 2 heterocycles. The van der Waals surface area contributed by atoms with E-state index in [2.05, 4.69) is 25.6 Å². The van der Waals surface area contributed by atoms with Crippen LogP contribution >= 0.6 is 22.9 Å². The molecule has 12 heteroatoms. The van der Waals surface area contributed by atoms with Gasteiger partial charge in [-0.2, -0.15) is 4.98 Å². The van der Waals surface area contributed by atoms with Gasteiger partial charge in [-0.05, 0) is 19.8 Å². The van der Waals surface area contributed by atoms with Crippen LogP contribution < -0.4 is 15.4 Å². The molecule has 2 aromatic heterocycles. The Morgan fingerprint density at radius 2 is 2.13 bits per heavy atom. The van der Waals surface area contributed by atoms with Gasteiger partial charge >= 0.3 is 6.09 Å². The Morgan fingerprint density at radius 3 is 2.73 bits per heavy atom. The summed E-state index contributed by atoms with van der Waals surface area (Å²) in [6.07, 6.45) is -1.53. The van der Waals surface area contributed by atoms with Gasteiger partial charge in [-0.1, -0.05) is 0 Å². The van der Waals surface area contributed by atoms with E-state index in [4.69, 9.17) is 21.4 Å². The van der Waals surface area contributed by atoms with Crippen LogP contribution in [-0.4, -0.2) is 56.6 Å². The van der Waals surface area contributed by atoms with Crippen molar-refractivity contribution in [1.82, 2.24) is 20.3 Å². The first-order valence-electron chi connectivity index (χ1n) is 9.39. The number of nitrogens with one attached hydrogen (secondary N) is 2. The average molecular weight is 462 g/mol. The minimum atomic E-state index is -2.62. The van der Waals surface area contributed by atoms with Crippen LogP contribution in [0.1, 0.15) is 31.4 Å². The number of hydrogen-bond acceptors (Lipinski definition) is 7. The maximum Gasteiger partial charge on any atom is 0.404 e. The quantitative estimate of drug-likeness (QED) is 0.506. The second kappa shape index (κ2) is 9.69. The number of anilines is 1. The molecule has 1 saturated carbocycles. The zero-order valence-electron chi connectivity index (χ0n) is 16.2. The average Bonchev–Trinajstić information content (AvgIpc) is 3.13. The van der Waals surface area contributed by atoms with Gasteiger partial charge in [-0.25, -0.2) is 23.5 Å². The highest BCUT2D eigenvalue weighted by molar-refractivity contribution is 7.13. The Hall–Kier alpha value is -2.27. The lowest BCUT2D eigenvalue weighted by Gasteiger charge is -2.29. The highest BCUT2D eigenvalue weighted by Gasteiger charge is 2.35. The molecule has 3 rings (SSSR count). The summed E-state index contributed by atoms with van der Waals surface area (Å²) in [5.74, 6) is -1.64. The van der Waals surface area contributed by atoms with Gasteiger partial charge in [0.25, 0.3) is 0 Å². The molecule has 1 amide bonds. The number of nitrogens with zero attached hydrogens (tertiary/aromatic N) is 3. The zero-order chi connectivity index (χ0) is 21.7. The lowest BCUT2D eigenvalue weighted by molar-refractivity contribution is -0.0361. The first kappa shape index (κ1) is 22.4. The number of aryl methyl sites for hydroxylation is 1. The fourth-order valence-electron chi connectivity index (χ4n) is 3.00. The Morgan fingerprint density at radius 1 is 1.40 bits per heavy atom. The van der Waals surface area contributed by atoms with Gasteiger partial charge in [0.1, 0.15) is 11.9 Å². The summed E-state index contributed by atoms with van der Waals surface area (Å²) in [5, 5.41) is 16.6. The van der Waals surface area contributed by atoms with Crippen molar-refractivity contribution in [1.29, 1.82) is 0 Å². The Kier molecular flexibility index (Phi) is 7.24. The van der Waals surface area contributed by atoms with Gasteiger partial charge in [0.2, 0.25) is 11.8 Å². The van der Waals surface area contributed by atoms with Crippen LogP contribution in [0.5, 0.6) is 5.88 Å². The molecule has 8 nitrogen and oxygen atoms in total. The van der Waals surface area contributed by atoms with Crippen LogP contribution in [0.25, 0.3) is 10.8 Å². The molecule has 1 atom stereocenters. The van der Waals surface area contributed by atoms with E-state index < -0.39 is 18.1 Å². The van der Waals surface area contributed by atoms with Gasteiger partial charge in [-0.15, -0.1) is 22.9 Å². The van der Waals surface area contributed by atoms with Gasteiger partial charge in [0.15, 0.2) is 10.8 Å². The van der Waals surface area contributed by atoms with Crippen molar-refractivity contribution in [2.45, 2.75) is 50.7 Å². The van der Waals surface area contributed by atoms with Crippen LogP contribution in [0.4, 0.5) is 19.4 Å².